The van der Waals surface area contributed by atoms with Crippen molar-refractivity contribution in [1.29, 1.82) is 0 Å². The molecule has 0 bridgehead atoms. The molecule has 1 saturated carbocycles. The summed E-state index contributed by atoms with van der Waals surface area (Å²) >= 11 is 0. The third-order valence-corrected chi connectivity index (χ3v) is 5.90. The second kappa shape index (κ2) is 7.19. The van der Waals surface area contributed by atoms with Crippen molar-refractivity contribution < 1.29 is 9.18 Å². The lowest BCUT2D eigenvalue weighted by Crippen LogP contribution is -2.41. The van der Waals surface area contributed by atoms with Crippen molar-refractivity contribution in [3.05, 3.63) is 42.0 Å². The lowest BCUT2D eigenvalue weighted by molar-refractivity contribution is -0.136. The van der Waals surface area contributed by atoms with Gasteiger partial charge in [-0.05, 0) is 55.2 Å². The molecule has 0 spiro atoms. The standard InChI is InChI=1S/C20H25FN4O/c21-19-10-14(16-11-23-24-12-16)2-4-18(19)13-5-7-25(8-6-13)20(26)15-1-3-17(22)9-15/h2,4,10-13,15,17H,1,3,5-9,22H2,(H,23,24)/t15-,17+/m0/s1. The van der Waals surface area contributed by atoms with E-state index in [-0.39, 0.29) is 29.6 Å². The van der Waals surface area contributed by atoms with Crippen LogP contribution in [-0.4, -0.2) is 40.1 Å². The molecular formula is C20H25FN4O. The molecule has 5 nitrogen and oxygen atoms in total. The van der Waals surface area contributed by atoms with E-state index in [0.29, 0.717) is 13.1 Å². The molecule has 0 unspecified atom stereocenters. The first-order valence-electron chi connectivity index (χ1n) is 9.45. The normalized spacial score (nSPS) is 24.2. The van der Waals surface area contributed by atoms with Gasteiger partial charge in [0, 0.05) is 36.8 Å². The van der Waals surface area contributed by atoms with Gasteiger partial charge in [0.15, 0.2) is 0 Å². The highest BCUT2D eigenvalue weighted by Gasteiger charge is 2.33. The summed E-state index contributed by atoms with van der Waals surface area (Å²) < 4.78 is 14.6. The van der Waals surface area contributed by atoms with Crippen molar-refractivity contribution in [1.82, 2.24) is 15.1 Å². The van der Waals surface area contributed by atoms with Crippen LogP contribution >= 0.6 is 0 Å². The number of aromatic nitrogens is 2. The fourth-order valence-electron chi connectivity index (χ4n) is 4.36. The molecule has 4 rings (SSSR count). The van der Waals surface area contributed by atoms with Gasteiger partial charge in [0.2, 0.25) is 5.91 Å². The van der Waals surface area contributed by atoms with E-state index < -0.39 is 0 Å². The fourth-order valence-corrected chi connectivity index (χ4v) is 4.36. The summed E-state index contributed by atoms with van der Waals surface area (Å²) in [6.45, 7) is 1.41. The smallest absolute Gasteiger partial charge is 0.225 e. The summed E-state index contributed by atoms with van der Waals surface area (Å²) in [6, 6.07) is 5.58. The SMILES string of the molecule is N[C@@H]1CC[C@H](C(=O)N2CCC(c3ccc(-c4cn[nH]c4)cc3F)CC2)C1. The van der Waals surface area contributed by atoms with Crippen LogP contribution < -0.4 is 5.73 Å². The number of nitrogens with zero attached hydrogens (tertiary/aromatic N) is 2. The van der Waals surface area contributed by atoms with E-state index in [0.717, 1.165) is 48.8 Å². The number of hydrogen-bond acceptors (Lipinski definition) is 3. The Morgan fingerprint density at radius 1 is 1.19 bits per heavy atom. The number of piperidine rings is 1. The van der Waals surface area contributed by atoms with Crippen LogP contribution in [0.15, 0.2) is 30.6 Å². The van der Waals surface area contributed by atoms with E-state index in [4.69, 9.17) is 5.73 Å². The average Bonchev–Trinajstić information content (AvgIpc) is 3.33. The Bertz CT molecular complexity index is 768. The summed E-state index contributed by atoms with van der Waals surface area (Å²) in [5.74, 6) is 0.332. The number of hydrogen-bond donors (Lipinski definition) is 2. The van der Waals surface area contributed by atoms with Gasteiger partial charge in [0.1, 0.15) is 5.82 Å². The molecule has 138 valence electrons. The van der Waals surface area contributed by atoms with Gasteiger partial charge in [0.05, 0.1) is 6.20 Å². The van der Waals surface area contributed by atoms with Gasteiger partial charge in [-0.25, -0.2) is 4.39 Å². The number of amides is 1. The van der Waals surface area contributed by atoms with E-state index in [1.54, 1.807) is 18.5 Å². The Morgan fingerprint density at radius 2 is 2.00 bits per heavy atom. The van der Waals surface area contributed by atoms with E-state index in [9.17, 15) is 9.18 Å². The Hall–Kier alpha value is -2.21. The molecule has 2 fully saturated rings. The second-order valence-corrected chi connectivity index (χ2v) is 7.59. The molecule has 26 heavy (non-hydrogen) atoms. The zero-order valence-electron chi connectivity index (χ0n) is 14.8. The first-order chi connectivity index (χ1) is 12.6. The lowest BCUT2D eigenvalue weighted by atomic mass is 9.87. The summed E-state index contributed by atoms with van der Waals surface area (Å²) in [6.07, 6.45) is 7.73. The van der Waals surface area contributed by atoms with Crippen molar-refractivity contribution in [3.63, 3.8) is 0 Å². The number of nitrogens with one attached hydrogen (secondary N) is 1. The van der Waals surface area contributed by atoms with Gasteiger partial charge in [-0.2, -0.15) is 5.10 Å². The number of carbonyl (C=O) groups is 1. The highest BCUT2D eigenvalue weighted by molar-refractivity contribution is 5.79. The van der Waals surface area contributed by atoms with Gasteiger partial charge in [-0.15, -0.1) is 0 Å². The first kappa shape index (κ1) is 17.2. The maximum atomic E-state index is 14.6. The van der Waals surface area contributed by atoms with Crippen molar-refractivity contribution in [2.24, 2.45) is 11.7 Å². The quantitative estimate of drug-likeness (QED) is 0.887. The number of rotatable bonds is 3. The molecule has 1 saturated heterocycles. The number of likely N-dealkylation sites (tertiary alicyclic amines) is 1. The predicted molar refractivity (Wildman–Crippen MR) is 97.9 cm³/mol. The van der Waals surface area contributed by atoms with Gasteiger partial charge in [0.25, 0.3) is 0 Å². The molecule has 2 atom stereocenters. The Morgan fingerprint density at radius 3 is 2.62 bits per heavy atom. The van der Waals surface area contributed by atoms with Crippen LogP contribution in [0.5, 0.6) is 0 Å². The Labute approximate surface area is 152 Å². The minimum absolute atomic E-state index is 0.0903. The van der Waals surface area contributed by atoms with Crippen molar-refractivity contribution >= 4 is 5.91 Å². The summed E-state index contributed by atoms with van der Waals surface area (Å²) in [7, 11) is 0. The monoisotopic (exact) mass is 356 g/mol. The highest BCUT2D eigenvalue weighted by Crippen LogP contribution is 2.34. The van der Waals surface area contributed by atoms with E-state index in [2.05, 4.69) is 10.2 Å². The predicted octanol–water partition coefficient (Wildman–Crippen LogP) is 3.05. The number of halogens is 1. The maximum Gasteiger partial charge on any atom is 0.225 e. The van der Waals surface area contributed by atoms with Crippen molar-refractivity contribution in [3.8, 4) is 11.1 Å². The third kappa shape index (κ3) is 3.38. The highest BCUT2D eigenvalue weighted by atomic mass is 19.1. The number of nitrogens with two attached hydrogens (primary N) is 1. The molecule has 3 N–H and O–H groups in total. The lowest BCUT2D eigenvalue weighted by Gasteiger charge is -2.34. The minimum atomic E-state index is -0.171. The fraction of sp³-hybridized carbons (Fsp3) is 0.500. The van der Waals surface area contributed by atoms with Gasteiger partial charge in [-0.1, -0.05) is 12.1 Å². The van der Waals surface area contributed by atoms with Crippen molar-refractivity contribution in [2.45, 2.75) is 44.1 Å². The number of benzene rings is 1. The molecule has 6 heteroatoms. The molecule has 0 radical (unpaired) electrons. The summed E-state index contributed by atoms with van der Waals surface area (Å²) in [5, 5.41) is 6.66. The van der Waals surface area contributed by atoms with Crippen LogP contribution in [0.4, 0.5) is 4.39 Å². The third-order valence-electron chi connectivity index (χ3n) is 5.90. The van der Waals surface area contributed by atoms with Crippen LogP contribution in [0.3, 0.4) is 0 Å². The minimum Gasteiger partial charge on any atom is -0.342 e. The molecule has 1 aromatic heterocycles. The molecule has 1 aliphatic carbocycles. The molecular weight excluding hydrogens is 331 g/mol. The Kier molecular flexibility index (Phi) is 4.76. The average molecular weight is 356 g/mol. The molecule has 1 aromatic carbocycles. The molecule has 2 aliphatic rings. The molecule has 1 aliphatic heterocycles. The topological polar surface area (TPSA) is 75.0 Å². The molecule has 2 aromatic rings. The van der Waals surface area contributed by atoms with E-state index in [1.165, 1.54) is 0 Å². The largest absolute Gasteiger partial charge is 0.342 e. The van der Waals surface area contributed by atoms with E-state index >= 15 is 0 Å². The van der Waals surface area contributed by atoms with Crippen LogP contribution in [0.1, 0.15) is 43.6 Å². The zero-order chi connectivity index (χ0) is 18.1. The maximum absolute atomic E-state index is 14.6. The summed E-state index contributed by atoms with van der Waals surface area (Å²) in [4.78, 5) is 14.6. The van der Waals surface area contributed by atoms with Crippen LogP contribution in [-0.2, 0) is 4.79 Å². The van der Waals surface area contributed by atoms with Crippen molar-refractivity contribution in [2.75, 3.05) is 13.1 Å². The van der Waals surface area contributed by atoms with E-state index in [1.807, 2.05) is 17.0 Å². The molecule has 1 amide bonds. The number of H-pyrrole nitrogens is 1. The summed E-state index contributed by atoms with van der Waals surface area (Å²) in [5.41, 5.74) is 8.40. The first-order valence-corrected chi connectivity index (χ1v) is 9.45. The number of aromatic amines is 1. The Balaban J connectivity index is 1.39. The molecule has 2 heterocycles. The second-order valence-electron chi connectivity index (χ2n) is 7.59. The van der Waals surface area contributed by atoms with Gasteiger partial charge >= 0.3 is 0 Å². The van der Waals surface area contributed by atoms with Crippen LogP contribution in [0.25, 0.3) is 11.1 Å². The number of carbonyl (C=O) groups excluding carboxylic acids is 1. The zero-order valence-corrected chi connectivity index (χ0v) is 14.8. The van der Waals surface area contributed by atoms with Crippen LogP contribution in [0.2, 0.25) is 0 Å². The van der Waals surface area contributed by atoms with Gasteiger partial charge < -0.3 is 10.6 Å². The van der Waals surface area contributed by atoms with Gasteiger partial charge in [-0.3, -0.25) is 9.89 Å². The van der Waals surface area contributed by atoms with Crippen LogP contribution in [0, 0.1) is 11.7 Å².